The van der Waals surface area contributed by atoms with E-state index in [1.807, 2.05) is 42.5 Å². The van der Waals surface area contributed by atoms with E-state index >= 15 is 0 Å². The van der Waals surface area contributed by atoms with Crippen LogP contribution in [0.5, 0.6) is 11.5 Å². The first-order valence-corrected chi connectivity index (χ1v) is 13.2. The number of hydrogen-bond acceptors (Lipinski definition) is 6. The number of benzene rings is 3. The Balaban J connectivity index is 1.62. The molecule has 0 spiro atoms. The lowest BCUT2D eigenvalue weighted by Crippen LogP contribution is -2.41. The van der Waals surface area contributed by atoms with E-state index in [1.165, 1.54) is 11.8 Å². The van der Waals surface area contributed by atoms with Gasteiger partial charge in [0.15, 0.2) is 0 Å². The van der Waals surface area contributed by atoms with Gasteiger partial charge in [-0.3, -0.25) is 4.52 Å². The Labute approximate surface area is 208 Å². The van der Waals surface area contributed by atoms with Gasteiger partial charge >= 0.3 is 7.82 Å². The number of ether oxygens (including phenoxy) is 1. The van der Waals surface area contributed by atoms with Crippen LogP contribution in [0.3, 0.4) is 0 Å². The molecule has 0 aliphatic heterocycles. The minimum Gasteiger partial charge on any atom is -0.507 e. The Kier molecular flexibility index (Phi) is 9.07. The van der Waals surface area contributed by atoms with Crippen LogP contribution in [-0.2, 0) is 22.1 Å². The number of nitrogens with two attached hydrogens (primary N) is 1. The molecule has 3 rings (SSSR count). The lowest BCUT2D eigenvalue weighted by atomic mass is 9.95. The predicted molar refractivity (Wildman–Crippen MR) is 133 cm³/mol. The van der Waals surface area contributed by atoms with Gasteiger partial charge in [0.2, 0.25) is 0 Å². The number of aryl methyl sites for hydroxylation is 1. The van der Waals surface area contributed by atoms with E-state index in [9.17, 15) is 9.67 Å². The third kappa shape index (κ3) is 8.64. The minimum absolute atomic E-state index is 0.140. The van der Waals surface area contributed by atoms with Crippen LogP contribution in [-0.4, -0.2) is 27.0 Å². The quantitative estimate of drug-likeness (QED) is 0.242. The highest BCUT2D eigenvalue weighted by Crippen LogP contribution is 2.39. The molecule has 10 heteroatoms. The molecule has 1 atom stereocenters. The van der Waals surface area contributed by atoms with Crippen LogP contribution in [0.15, 0.2) is 76.5 Å². The summed E-state index contributed by atoms with van der Waals surface area (Å²) in [5.41, 5.74) is 7.06. The summed E-state index contributed by atoms with van der Waals surface area (Å²) < 4.78 is 21.3. The molecule has 0 bridgehead atoms. The lowest BCUT2D eigenvalue weighted by Gasteiger charge is -2.24. The van der Waals surface area contributed by atoms with Crippen molar-refractivity contribution in [3.63, 3.8) is 0 Å². The van der Waals surface area contributed by atoms with Crippen LogP contribution in [0.25, 0.3) is 0 Å². The Bertz CT molecular complexity index is 1160. The van der Waals surface area contributed by atoms with Crippen molar-refractivity contribution in [3.05, 3.63) is 82.9 Å². The minimum atomic E-state index is -4.57. The van der Waals surface area contributed by atoms with Crippen molar-refractivity contribution in [2.75, 3.05) is 6.61 Å². The van der Waals surface area contributed by atoms with E-state index in [2.05, 4.69) is 4.52 Å². The average molecular weight is 524 g/mol. The second-order valence-corrected chi connectivity index (χ2v) is 10.9. The SMILES string of the molecule is CC(N)(CCc1ccc(Sc2cc(OCc3ccccc3)ccc2O)cc1Cl)COP(=O)(O)O. The Morgan fingerprint density at radius 2 is 1.82 bits per heavy atom. The Morgan fingerprint density at radius 1 is 1.09 bits per heavy atom. The van der Waals surface area contributed by atoms with Crippen molar-refractivity contribution in [1.29, 1.82) is 0 Å². The summed E-state index contributed by atoms with van der Waals surface area (Å²) in [6, 6.07) is 20.5. The highest BCUT2D eigenvalue weighted by atomic mass is 35.5. The number of rotatable bonds is 11. The molecule has 0 heterocycles. The smallest absolute Gasteiger partial charge is 0.469 e. The number of phenolic OH excluding ortho intramolecular Hbond substituents is 1. The molecule has 0 saturated heterocycles. The fourth-order valence-corrected chi connectivity index (χ4v) is 4.77. The summed E-state index contributed by atoms with van der Waals surface area (Å²) in [4.78, 5) is 19.2. The van der Waals surface area contributed by atoms with Gasteiger partial charge in [0.05, 0.1) is 11.5 Å². The first kappa shape index (κ1) is 26.6. The van der Waals surface area contributed by atoms with Crippen molar-refractivity contribution in [2.45, 2.75) is 41.7 Å². The monoisotopic (exact) mass is 523 g/mol. The van der Waals surface area contributed by atoms with E-state index < -0.39 is 13.4 Å². The first-order valence-electron chi connectivity index (χ1n) is 10.5. The molecule has 0 amide bonds. The molecule has 1 unspecified atom stereocenters. The van der Waals surface area contributed by atoms with E-state index in [0.717, 1.165) is 16.0 Å². The Morgan fingerprint density at radius 3 is 2.50 bits per heavy atom. The molecule has 182 valence electrons. The molecular weight excluding hydrogens is 497 g/mol. The van der Waals surface area contributed by atoms with Crippen LogP contribution in [0, 0.1) is 0 Å². The van der Waals surface area contributed by atoms with Gasteiger partial charge in [-0.05, 0) is 61.2 Å². The second-order valence-electron chi connectivity index (χ2n) is 8.18. The highest BCUT2D eigenvalue weighted by molar-refractivity contribution is 7.99. The van der Waals surface area contributed by atoms with E-state index in [-0.39, 0.29) is 12.4 Å². The predicted octanol–water partition coefficient (Wildman–Crippen LogP) is 5.54. The highest BCUT2D eigenvalue weighted by Gasteiger charge is 2.24. The van der Waals surface area contributed by atoms with Crippen molar-refractivity contribution >= 4 is 31.2 Å². The fourth-order valence-electron chi connectivity index (χ4n) is 3.05. The number of halogens is 1. The van der Waals surface area contributed by atoms with Crippen molar-refractivity contribution in [2.24, 2.45) is 5.73 Å². The number of phenols is 1. The number of hydrogen-bond donors (Lipinski definition) is 4. The van der Waals surface area contributed by atoms with Crippen molar-refractivity contribution in [3.8, 4) is 11.5 Å². The number of phosphoric acid groups is 1. The first-order chi connectivity index (χ1) is 16.0. The van der Waals surface area contributed by atoms with Crippen LogP contribution in [0.4, 0.5) is 0 Å². The summed E-state index contributed by atoms with van der Waals surface area (Å²) >= 11 is 7.83. The molecule has 0 radical (unpaired) electrons. The third-order valence-corrected chi connectivity index (χ3v) is 6.81. The van der Waals surface area contributed by atoms with Crippen LogP contribution >= 0.6 is 31.2 Å². The molecule has 34 heavy (non-hydrogen) atoms. The third-order valence-electron chi connectivity index (χ3n) is 4.96. The molecule has 0 fully saturated rings. The largest absolute Gasteiger partial charge is 0.507 e. The van der Waals surface area contributed by atoms with Gasteiger partial charge in [-0.25, -0.2) is 4.57 Å². The number of aromatic hydroxyl groups is 1. The summed E-state index contributed by atoms with van der Waals surface area (Å²) in [6.45, 7) is 1.82. The summed E-state index contributed by atoms with van der Waals surface area (Å²) in [7, 11) is -4.57. The average Bonchev–Trinajstić information content (AvgIpc) is 2.78. The van der Waals surface area contributed by atoms with Crippen molar-refractivity contribution < 1.29 is 28.7 Å². The molecule has 0 aliphatic carbocycles. The van der Waals surface area contributed by atoms with Gasteiger partial charge < -0.3 is 25.4 Å². The Hall–Kier alpha value is -2.03. The zero-order chi connectivity index (χ0) is 24.8. The van der Waals surface area contributed by atoms with Crippen molar-refractivity contribution in [1.82, 2.24) is 0 Å². The van der Waals surface area contributed by atoms with Gasteiger partial charge in [0, 0.05) is 15.5 Å². The summed E-state index contributed by atoms with van der Waals surface area (Å²) in [6.07, 6.45) is 0.927. The second kappa shape index (κ2) is 11.6. The maximum absolute atomic E-state index is 10.9. The maximum Gasteiger partial charge on any atom is 0.469 e. The van der Waals surface area contributed by atoms with Crippen LogP contribution in [0.1, 0.15) is 24.5 Å². The van der Waals surface area contributed by atoms with E-state index in [4.69, 9.17) is 31.9 Å². The number of phosphoric ester groups is 1. The molecule has 3 aromatic carbocycles. The summed E-state index contributed by atoms with van der Waals surface area (Å²) in [5.74, 6) is 0.785. The molecule has 5 N–H and O–H groups in total. The van der Waals surface area contributed by atoms with Crippen LogP contribution < -0.4 is 10.5 Å². The zero-order valence-corrected chi connectivity index (χ0v) is 21.0. The van der Waals surface area contributed by atoms with Gasteiger partial charge in [0.25, 0.3) is 0 Å². The molecule has 0 aliphatic rings. The molecule has 0 saturated carbocycles. The topological polar surface area (TPSA) is 122 Å². The molecule has 0 aromatic heterocycles. The maximum atomic E-state index is 10.9. The standard InChI is InChI=1S/C24H27ClNO6PS/c1-24(26,16-32-33(28,29)30)12-11-18-7-9-20(14-21(18)25)34-23-13-19(8-10-22(23)27)31-15-17-5-3-2-4-6-17/h2-10,13-14,27H,11-12,15-16,26H2,1H3,(H2,28,29,30). The van der Waals surface area contributed by atoms with Gasteiger partial charge in [-0.1, -0.05) is 59.8 Å². The van der Waals surface area contributed by atoms with E-state index in [1.54, 1.807) is 31.2 Å². The zero-order valence-electron chi connectivity index (χ0n) is 18.6. The molecular formula is C24H27ClNO6PS. The van der Waals surface area contributed by atoms with Gasteiger partial charge in [0.1, 0.15) is 18.1 Å². The van der Waals surface area contributed by atoms with Crippen LogP contribution in [0.2, 0.25) is 5.02 Å². The van der Waals surface area contributed by atoms with Gasteiger partial charge in [-0.15, -0.1) is 0 Å². The lowest BCUT2D eigenvalue weighted by molar-refractivity contribution is 0.154. The molecule has 7 nitrogen and oxygen atoms in total. The normalized spacial score (nSPS) is 13.4. The van der Waals surface area contributed by atoms with E-state index in [0.29, 0.717) is 35.1 Å². The molecule has 3 aromatic rings. The summed E-state index contributed by atoms with van der Waals surface area (Å²) in [5, 5.41) is 10.8. The fraction of sp³-hybridized carbons (Fsp3) is 0.250. The van der Waals surface area contributed by atoms with Gasteiger partial charge in [-0.2, -0.15) is 0 Å².